The number of carbonyl (C=O) groups is 3. The first-order chi connectivity index (χ1) is 10.3. The minimum absolute atomic E-state index is 0.195. The molecule has 0 saturated heterocycles. The Morgan fingerprint density at radius 3 is 1.73 bits per heavy atom. The summed E-state index contributed by atoms with van der Waals surface area (Å²) in [5.41, 5.74) is 1.10. The van der Waals surface area contributed by atoms with Gasteiger partial charge in [-0.05, 0) is 18.4 Å². The van der Waals surface area contributed by atoms with Crippen LogP contribution in [0.3, 0.4) is 0 Å². The maximum absolute atomic E-state index is 11.3. The van der Waals surface area contributed by atoms with Gasteiger partial charge in [-0.3, -0.25) is 14.4 Å². The summed E-state index contributed by atoms with van der Waals surface area (Å²) in [5.74, 6) is -1.93. The van der Waals surface area contributed by atoms with Crippen LogP contribution in [0.5, 0.6) is 0 Å². The number of benzene rings is 1. The monoisotopic (exact) mass is 324 g/mol. The Morgan fingerprint density at radius 2 is 1.32 bits per heavy atom. The molecule has 0 amide bonds. The molecule has 0 N–H and O–H groups in total. The minimum Gasteiger partial charge on any atom is -0.455 e. The van der Waals surface area contributed by atoms with Gasteiger partial charge in [0.15, 0.2) is 0 Å². The SMILES string of the molecule is CC(=O)O[Si](CCCc1ccccc1)(OC(C)=O)OC(C)=O. The van der Waals surface area contributed by atoms with E-state index in [1.165, 1.54) is 20.8 Å². The Hall–Kier alpha value is -2.15. The van der Waals surface area contributed by atoms with Crippen molar-refractivity contribution in [2.75, 3.05) is 0 Å². The molecule has 0 saturated carbocycles. The van der Waals surface area contributed by atoms with Crippen molar-refractivity contribution in [3.05, 3.63) is 35.9 Å². The Morgan fingerprint density at radius 1 is 0.864 bits per heavy atom. The number of hydrogen-bond donors (Lipinski definition) is 0. The van der Waals surface area contributed by atoms with Gasteiger partial charge in [0.1, 0.15) is 0 Å². The van der Waals surface area contributed by atoms with Gasteiger partial charge in [-0.25, -0.2) is 0 Å². The maximum Gasteiger partial charge on any atom is 0.705 e. The van der Waals surface area contributed by atoms with Crippen LogP contribution in [0.25, 0.3) is 0 Å². The molecule has 0 aliphatic carbocycles. The van der Waals surface area contributed by atoms with Crippen molar-refractivity contribution in [1.82, 2.24) is 0 Å². The van der Waals surface area contributed by atoms with Crippen LogP contribution in [0, 0.1) is 0 Å². The van der Waals surface area contributed by atoms with Gasteiger partial charge < -0.3 is 13.3 Å². The highest BCUT2D eigenvalue weighted by Gasteiger charge is 2.51. The first-order valence-electron chi connectivity index (χ1n) is 6.95. The van der Waals surface area contributed by atoms with Crippen molar-refractivity contribution in [1.29, 1.82) is 0 Å². The third-order valence-corrected chi connectivity index (χ3v) is 5.45. The van der Waals surface area contributed by atoms with E-state index in [2.05, 4.69) is 0 Å². The first kappa shape index (κ1) is 17.9. The zero-order chi connectivity index (χ0) is 16.6. The van der Waals surface area contributed by atoms with E-state index >= 15 is 0 Å². The predicted octanol–water partition coefficient (Wildman–Crippen LogP) is 2.25. The molecule has 120 valence electrons. The Kier molecular flexibility index (Phi) is 6.78. The standard InChI is InChI=1S/C15H20O6Si/c1-12(16)19-22(20-13(2)17,21-14(3)18)11-7-10-15-8-5-4-6-9-15/h4-6,8-9H,7,10-11H2,1-3H3. The second-order valence-electron chi connectivity index (χ2n) is 4.80. The topological polar surface area (TPSA) is 78.9 Å². The summed E-state index contributed by atoms with van der Waals surface area (Å²) >= 11 is 0. The molecular formula is C15H20O6Si. The lowest BCUT2D eigenvalue weighted by atomic mass is 10.1. The molecule has 7 heteroatoms. The lowest BCUT2D eigenvalue weighted by Gasteiger charge is -2.26. The van der Waals surface area contributed by atoms with Gasteiger partial charge in [-0.15, -0.1) is 0 Å². The molecular weight excluding hydrogens is 304 g/mol. The van der Waals surface area contributed by atoms with Crippen LogP contribution in [-0.2, 0) is 34.1 Å². The van der Waals surface area contributed by atoms with Gasteiger partial charge in [-0.2, -0.15) is 0 Å². The molecule has 0 unspecified atom stereocenters. The third-order valence-electron chi connectivity index (χ3n) is 2.69. The van der Waals surface area contributed by atoms with Crippen molar-refractivity contribution in [3.63, 3.8) is 0 Å². The molecule has 0 atom stereocenters. The van der Waals surface area contributed by atoms with Crippen molar-refractivity contribution in [2.45, 2.75) is 39.7 Å². The fourth-order valence-corrected chi connectivity index (χ4v) is 4.38. The van der Waals surface area contributed by atoms with Crippen molar-refractivity contribution in [2.24, 2.45) is 0 Å². The summed E-state index contributed by atoms with van der Waals surface area (Å²) in [7, 11) is -3.69. The van der Waals surface area contributed by atoms with Crippen LogP contribution in [0.1, 0.15) is 32.8 Å². The molecule has 0 aliphatic rings. The van der Waals surface area contributed by atoms with E-state index in [0.29, 0.717) is 12.8 Å². The first-order valence-corrected chi connectivity index (χ1v) is 8.89. The van der Waals surface area contributed by atoms with Crippen molar-refractivity contribution in [3.8, 4) is 0 Å². The van der Waals surface area contributed by atoms with Gasteiger partial charge in [0.25, 0.3) is 17.9 Å². The average molecular weight is 324 g/mol. The highest BCUT2D eigenvalue weighted by Crippen LogP contribution is 2.21. The molecule has 1 rings (SSSR count). The molecule has 0 spiro atoms. The predicted molar refractivity (Wildman–Crippen MR) is 80.6 cm³/mol. The summed E-state index contributed by atoms with van der Waals surface area (Å²) in [4.78, 5) is 33.9. The van der Waals surface area contributed by atoms with Crippen LogP contribution in [0.15, 0.2) is 30.3 Å². The van der Waals surface area contributed by atoms with Crippen LogP contribution in [-0.4, -0.2) is 26.7 Å². The Bertz CT molecular complexity index is 487. The van der Waals surface area contributed by atoms with E-state index in [4.69, 9.17) is 13.3 Å². The molecule has 0 aromatic heterocycles. The van der Waals surface area contributed by atoms with E-state index < -0.39 is 26.7 Å². The molecule has 0 fully saturated rings. The van der Waals surface area contributed by atoms with E-state index in [9.17, 15) is 14.4 Å². The Labute approximate surface area is 130 Å². The van der Waals surface area contributed by atoms with E-state index in [0.717, 1.165) is 5.56 Å². The normalized spacial score (nSPS) is 10.7. The summed E-state index contributed by atoms with van der Waals surface area (Å²) in [6.07, 6.45) is 1.25. The van der Waals surface area contributed by atoms with E-state index in [1.807, 2.05) is 30.3 Å². The van der Waals surface area contributed by atoms with Gasteiger partial charge in [-0.1, -0.05) is 30.3 Å². The van der Waals surface area contributed by atoms with Crippen LogP contribution in [0.2, 0.25) is 6.04 Å². The largest absolute Gasteiger partial charge is 0.705 e. The van der Waals surface area contributed by atoms with E-state index in [-0.39, 0.29) is 6.04 Å². The zero-order valence-electron chi connectivity index (χ0n) is 13.0. The quantitative estimate of drug-likeness (QED) is 0.716. The second-order valence-corrected chi connectivity index (χ2v) is 7.28. The third kappa shape index (κ3) is 6.53. The van der Waals surface area contributed by atoms with Crippen LogP contribution < -0.4 is 0 Å². The summed E-state index contributed by atoms with van der Waals surface area (Å²) in [6.45, 7) is 3.56. The molecule has 1 aromatic carbocycles. The van der Waals surface area contributed by atoms with E-state index in [1.54, 1.807) is 0 Å². The second kappa shape index (κ2) is 8.33. The van der Waals surface area contributed by atoms with Crippen LogP contribution in [0.4, 0.5) is 0 Å². The molecule has 22 heavy (non-hydrogen) atoms. The molecule has 0 aliphatic heterocycles. The molecule has 0 heterocycles. The number of hydrogen-bond acceptors (Lipinski definition) is 6. The number of rotatable bonds is 7. The zero-order valence-corrected chi connectivity index (χ0v) is 14.0. The minimum atomic E-state index is -3.69. The van der Waals surface area contributed by atoms with Gasteiger partial charge in [0.2, 0.25) is 0 Å². The lowest BCUT2D eigenvalue weighted by molar-refractivity contribution is -0.147. The molecule has 0 bridgehead atoms. The van der Waals surface area contributed by atoms with Gasteiger partial charge in [0, 0.05) is 20.8 Å². The summed E-state index contributed by atoms with van der Waals surface area (Å²) in [5, 5.41) is 0. The summed E-state index contributed by atoms with van der Waals surface area (Å²) in [6, 6.07) is 9.88. The van der Waals surface area contributed by atoms with Crippen molar-refractivity contribution >= 4 is 26.7 Å². The van der Waals surface area contributed by atoms with Crippen molar-refractivity contribution < 1.29 is 27.7 Å². The fraction of sp³-hybridized carbons (Fsp3) is 0.400. The summed E-state index contributed by atoms with van der Waals surface area (Å²) < 4.78 is 15.3. The highest BCUT2D eigenvalue weighted by atomic mass is 28.4. The molecule has 6 nitrogen and oxygen atoms in total. The lowest BCUT2D eigenvalue weighted by Crippen LogP contribution is -2.49. The molecule has 1 aromatic rings. The van der Waals surface area contributed by atoms with Crippen LogP contribution >= 0.6 is 0 Å². The fourth-order valence-electron chi connectivity index (χ4n) is 2.03. The van der Waals surface area contributed by atoms with Gasteiger partial charge in [0.05, 0.1) is 6.04 Å². The highest BCUT2D eigenvalue weighted by molar-refractivity contribution is 6.65. The average Bonchev–Trinajstić information content (AvgIpc) is 2.37. The molecule has 0 radical (unpaired) electrons. The maximum atomic E-state index is 11.3. The smallest absolute Gasteiger partial charge is 0.455 e. The number of aryl methyl sites for hydroxylation is 1. The Balaban J connectivity index is 2.79. The number of carbonyl (C=O) groups excluding carboxylic acids is 3. The van der Waals surface area contributed by atoms with Gasteiger partial charge >= 0.3 is 8.80 Å².